The largest absolute Gasteiger partial charge is 0.269 e. The maximum atomic E-state index is 12.6. The van der Waals surface area contributed by atoms with Crippen molar-refractivity contribution in [3.63, 3.8) is 0 Å². The Balaban J connectivity index is 1.72. The van der Waals surface area contributed by atoms with Gasteiger partial charge in [-0.15, -0.1) is 11.3 Å². The van der Waals surface area contributed by atoms with E-state index in [2.05, 4.69) is 6.07 Å². The molecule has 1 aliphatic rings. The Kier molecular flexibility index (Phi) is 4.47. The maximum Gasteiger partial charge on any atom is 0.269 e. The number of sulfonamides is 1. The van der Waals surface area contributed by atoms with E-state index in [0.29, 0.717) is 19.0 Å². The third-order valence-corrected chi connectivity index (χ3v) is 7.03. The predicted octanol–water partition coefficient (Wildman–Crippen LogP) is 3.22. The molecule has 0 amide bonds. The van der Waals surface area contributed by atoms with Crippen LogP contribution in [0.5, 0.6) is 0 Å². The highest BCUT2D eigenvalue weighted by molar-refractivity contribution is 7.89. The van der Waals surface area contributed by atoms with Crippen LogP contribution >= 0.6 is 11.3 Å². The summed E-state index contributed by atoms with van der Waals surface area (Å²) in [7, 11) is -3.58. The van der Waals surface area contributed by atoms with Gasteiger partial charge in [-0.1, -0.05) is 6.07 Å². The Morgan fingerprint density at radius 2 is 1.78 bits per heavy atom. The Hall–Kier alpha value is -1.77. The summed E-state index contributed by atoms with van der Waals surface area (Å²) in [4.78, 5) is 11.5. The maximum absolute atomic E-state index is 12.6. The number of non-ortho nitro benzene ring substituents is 1. The molecular formula is C15H16N2O4S2. The summed E-state index contributed by atoms with van der Waals surface area (Å²) >= 11 is 1.71. The lowest BCUT2D eigenvalue weighted by molar-refractivity contribution is -0.384. The Morgan fingerprint density at radius 3 is 2.30 bits per heavy atom. The van der Waals surface area contributed by atoms with E-state index < -0.39 is 14.9 Å². The van der Waals surface area contributed by atoms with Crippen molar-refractivity contribution < 1.29 is 13.3 Å². The Morgan fingerprint density at radius 1 is 1.13 bits per heavy atom. The van der Waals surface area contributed by atoms with Crippen LogP contribution in [0.4, 0.5) is 5.69 Å². The first-order valence-electron chi connectivity index (χ1n) is 7.26. The summed E-state index contributed by atoms with van der Waals surface area (Å²) in [5.41, 5.74) is -0.111. The first-order chi connectivity index (χ1) is 11.0. The van der Waals surface area contributed by atoms with Crippen molar-refractivity contribution in [3.05, 3.63) is 56.8 Å². The molecule has 1 fully saturated rings. The fourth-order valence-electron chi connectivity index (χ4n) is 2.79. The molecule has 1 aromatic carbocycles. The van der Waals surface area contributed by atoms with E-state index in [4.69, 9.17) is 0 Å². The van der Waals surface area contributed by atoms with Gasteiger partial charge in [0.2, 0.25) is 10.0 Å². The van der Waals surface area contributed by atoms with Gasteiger partial charge >= 0.3 is 0 Å². The van der Waals surface area contributed by atoms with Gasteiger partial charge in [0.1, 0.15) is 0 Å². The van der Waals surface area contributed by atoms with Crippen molar-refractivity contribution in [1.82, 2.24) is 4.31 Å². The van der Waals surface area contributed by atoms with E-state index in [0.717, 1.165) is 12.8 Å². The Bertz CT molecular complexity index is 777. The smallest absolute Gasteiger partial charge is 0.258 e. The van der Waals surface area contributed by atoms with Crippen LogP contribution in [0.2, 0.25) is 0 Å². The molecule has 0 aliphatic carbocycles. The van der Waals surface area contributed by atoms with Crippen molar-refractivity contribution in [2.45, 2.75) is 23.7 Å². The summed E-state index contributed by atoms with van der Waals surface area (Å²) < 4.78 is 26.7. The molecule has 23 heavy (non-hydrogen) atoms. The number of nitro benzene ring substituents is 1. The fourth-order valence-corrected chi connectivity index (χ4v) is 5.16. The van der Waals surface area contributed by atoms with E-state index in [1.807, 2.05) is 11.4 Å². The van der Waals surface area contributed by atoms with Gasteiger partial charge in [0.05, 0.1) is 9.82 Å². The SMILES string of the molecule is O=[N+]([O-])c1ccc(S(=O)(=O)N2CCC(c3cccs3)CC2)cc1. The van der Waals surface area contributed by atoms with E-state index in [1.54, 1.807) is 11.3 Å². The summed E-state index contributed by atoms with van der Waals surface area (Å²) in [5, 5.41) is 12.7. The number of hydrogen-bond donors (Lipinski definition) is 0. The zero-order chi connectivity index (χ0) is 16.4. The molecule has 1 aliphatic heterocycles. The molecule has 6 nitrogen and oxygen atoms in total. The lowest BCUT2D eigenvalue weighted by Crippen LogP contribution is -2.37. The molecule has 1 saturated heterocycles. The fraction of sp³-hybridized carbons (Fsp3) is 0.333. The second-order valence-corrected chi connectivity index (χ2v) is 8.36. The normalized spacial score (nSPS) is 17.2. The summed E-state index contributed by atoms with van der Waals surface area (Å²) in [6, 6.07) is 9.17. The van der Waals surface area contributed by atoms with Crippen LogP contribution in [0.25, 0.3) is 0 Å². The number of thiophene rings is 1. The number of hydrogen-bond acceptors (Lipinski definition) is 5. The highest BCUT2D eigenvalue weighted by Gasteiger charge is 2.30. The molecule has 122 valence electrons. The minimum Gasteiger partial charge on any atom is -0.258 e. The molecule has 0 bridgehead atoms. The molecule has 0 atom stereocenters. The number of nitrogens with zero attached hydrogens (tertiary/aromatic N) is 2. The van der Waals surface area contributed by atoms with Crippen molar-refractivity contribution in [1.29, 1.82) is 0 Å². The van der Waals surface area contributed by atoms with Crippen LogP contribution in [-0.4, -0.2) is 30.7 Å². The van der Waals surface area contributed by atoms with Gasteiger partial charge in [-0.25, -0.2) is 8.42 Å². The highest BCUT2D eigenvalue weighted by Crippen LogP contribution is 2.33. The molecule has 0 radical (unpaired) electrons. The minimum atomic E-state index is -3.58. The highest BCUT2D eigenvalue weighted by atomic mass is 32.2. The number of nitro groups is 1. The quantitative estimate of drug-likeness (QED) is 0.625. The molecule has 0 spiro atoms. The van der Waals surface area contributed by atoms with Gasteiger partial charge in [0.15, 0.2) is 0 Å². The second kappa shape index (κ2) is 6.38. The van der Waals surface area contributed by atoms with E-state index in [-0.39, 0.29) is 10.6 Å². The first kappa shape index (κ1) is 16.1. The summed E-state index contributed by atoms with van der Waals surface area (Å²) in [5.74, 6) is 0.415. The monoisotopic (exact) mass is 352 g/mol. The van der Waals surface area contributed by atoms with Gasteiger partial charge in [0.25, 0.3) is 5.69 Å². The van der Waals surface area contributed by atoms with Gasteiger partial charge in [0, 0.05) is 30.1 Å². The van der Waals surface area contributed by atoms with Gasteiger partial charge in [-0.2, -0.15) is 4.31 Å². The second-order valence-electron chi connectivity index (χ2n) is 5.44. The zero-order valence-corrected chi connectivity index (χ0v) is 13.9. The molecule has 3 rings (SSSR count). The molecule has 0 unspecified atom stereocenters. The van der Waals surface area contributed by atoms with Gasteiger partial charge in [-0.05, 0) is 42.3 Å². The average molecular weight is 352 g/mol. The third kappa shape index (κ3) is 3.29. The van der Waals surface area contributed by atoms with Crippen LogP contribution in [-0.2, 0) is 10.0 Å². The molecular weight excluding hydrogens is 336 g/mol. The van der Waals surface area contributed by atoms with Crippen molar-refractivity contribution in [3.8, 4) is 0 Å². The topological polar surface area (TPSA) is 80.5 Å². The molecule has 2 heterocycles. The number of piperidine rings is 1. The van der Waals surface area contributed by atoms with Crippen LogP contribution in [0.1, 0.15) is 23.6 Å². The Labute approximate surface area is 138 Å². The molecule has 0 saturated carbocycles. The van der Waals surface area contributed by atoms with Crippen molar-refractivity contribution in [2.24, 2.45) is 0 Å². The van der Waals surface area contributed by atoms with Crippen LogP contribution in [0.3, 0.4) is 0 Å². The van der Waals surface area contributed by atoms with Crippen molar-refractivity contribution >= 4 is 27.0 Å². The lowest BCUT2D eigenvalue weighted by atomic mass is 9.97. The molecule has 0 N–H and O–H groups in total. The van der Waals surface area contributed by atoms with E-state index >= 15 is 0 Å². The summed E-state index contributed by atoms with van der Waals surface area (Å²) in [6.07, 6.45) is 1.60. The standard InChI is InChI=1S/C15H16N2O4S2/c18-17(19)13-3-5-14(6-4-13)23(20,21)16-9-7-12(8-10-16)15-2-1-11-22-15/h1-6,11-12H,7-10H2. The van der Waals surface area contributed by atoms with Crippen LogP contribution in [0, 0.1) is 10.1 Å². The third-order valence-electron chi connectivity index (χ3n) is 4.08. The first-order valence-corrected chi connectivity index (χ1v) is 9.58. The number of benzene rings is 1. The van der Waals surface area contributed by atoms with Crippen molar-refractivity contribution in [2.75, 3.05) is 13.1 Å². The van der Waals surface area contributed by atoms with E-state index in [9.17, 15) is 18.5 Å². The van der Waals surface area contributed by atoms with Crippen LogP contribution < -0.4 is 0 Å². The number of rotatable bonds is 4. The predicted molar refractivity (Wildman–Crippen MR) is 88.1 cm³/mol. The minimum absolute atomic E-state index is 0.109. The average Bonchev–Trinajstić information content (AvgIpc) is 3.09. The van der Waals surface area contributed by atoms with Gasteiger partial charge < -0.3 is 0 Å². The van der Waals surface area contributed by atoms with Gasteiger partial charge in [-0.3, -0.25) is 10.1 Å². The summed E-state index contributed by atoms with van der Waals surface area (Å²) in [6.45, 7) is 0.948. The molecule has 1 aromatic heterocycles. The molecule has 2 aromatic rings. The van der Waals surface area contributed by atoms with E-state index in [1.165, 1.54) is 33.4 Å². The lowest BCUT2D eigenvalue weighted by Gasteiger charge is -2.30. The molecule has 8 heteroatoms. The van der Waals surface area contributed by atoms with Crippen LogP contribution in [0.15, 0.2) is 46.7 Å². The zero-order valence-electron chi connectivity index (χ0n) is 12.3.